The Morgan fingerprint density at radius 2 is 1.53 bits per heavy atom. The summed E-state index contributed by atoms with van der Waals surface area (Å²) in [6, 6.07) is 0. The molecule has 4 nitrogen and oxygen atoms in total. The Balaban J connectivity index is 1.98. The Morgan fingerprint density at radius 1 is 0.941 bits per heavy atom. The van der Waals surface area contributed by atoms with Gasteiger partial charge >= 0.3 is 0 Å². The smallest absolute Gasteiger partial charge is 0.216 e. The number of aldehydes is 1. The molecule has 0 unspecified atom stereocenters. The molecule has 1 saturated carbocycles. The van der Waals surface area contributed by atoms with Crippen LogP contribution in [0.2, 0.25) is 0 Å². The van der Waals surface area contributed by atoms with Gasteiger partial charge in [0, 0.05) is 19.0 Å². The predicted molar refractivity (Wildman–Crippen MR) is 66.2 cm³/mol. The molecule has 0 amide bonds. The fourth-order valence-electron chi connectivity index (χ4n) is 2.84. The van der Waals surface area contributed by atoms with Gasteiger partial charge in [-0.2, -0.15) is 0 Å². The first kappa shape index (κ1) is 13.0. The second-order valence-electron chi connectivity index (χ2n) is 5.18. The number of nitrogens with zero attached hydrogens (tertiary/aromatic N) is 1. The minimum Gasteiger partial charge on any atom is -0.303 e. The van der Waals surface area contributed by atoms with E-state index in [4.69, 9.17) is 0 Å². The van der Waals surface area contributed by atoms with Crippen LogP contribution in [0.15, 0.2) is 0 Å². The third-order valence-electron chi connectivity index (χ3n) is 4.02. The minimum absolute atomic E-state index is 0.0628. The van der Waals surface area contributed by atoms with Crippen LogP contribution in [0.25, 0.3) is 0 Å². The molecule has 1 saturated heterocycles. The zero-order valence-corrected chi connectivity index (χ0v) is 11.0. The van der Waals surface area contributed by atoms with E-state index in [1.807, 2.05) is 0 Å². The number of hydrogen-bond donors (Lipinski definition) is 0. The van der Waals surface area contributed by atoms with Crippen LogP contribution in [-0.2, 0) is 14.8 Å². The molecular weight excluding hydrogens is 238 g/mol. The lowest BCUT2D eigenvalue weighted by atomic mass is 10.0. The van der Waals surface area contributed by atoms with E-state index in [1.165, 1.54) is 6.42 Å². The van der Waals surface area contributed by atoms with E-state index in [-0.39, 0.29) is 11.2 Å². The summed E-state index contributed by atoms with van der Waals surface area (Å²) in [4.78, 5) is 10.6. The molecule has 1 aliphatic heterocycles. The molecule has 0 aromatic heterocycles. The van der Waals surface area contributed by atoms with Gasteiger partial charge in [-0.1, -0.05) is 19.3 Å². The summed E-state index contributed by atoms with van der Waals surface area (Å²) < 4.78 is 26.4. The van der Waals surface area contributed by atoms with Crippen molar-refractivity contribution in [2.45, 2.75) is 50.2 Å². The molecule has 0 aromatic carbocycles. The molecule has 0 atom stereocenters. The number of carbonyl (C=O) groups excluding carboxylic acids is 1. The van der Waals surface area contributed by atoms with Crippen LogP contribution in [0.3, 0.4) is 0 Å². The molecule has 98 valence electrons. The van der Waals surface area contributed by atoms with Crippen molar-refractivity contribution in [3.05, 3.63) is 0 Å². The molecular formula is C12H21NO3S. The van der Waals surface area contributed by atoms with Gasteiger partial charge in [0.15, 0.2) is 0 Å². The molecule has 17 heavy (non-hydrogen) atoms. The average molecular weight is 259 g/mol. The Morgan fingerprint density at radius 3 is 2.06 bits per heavy atom. The van der Waals surface area contributed by atoms with Crippen molar-refractivity contribution >= 4 is 16.3 Å². The van der Waals surface area contributed by atoms with Crippen LogP contribution in [0.1, 0.15) is 44.9 Å². The zero-order chi connectivity index (χ0) is 12.3. The van der Waals surface area contributed by atoms with Crippen molar-refractivity contribution in [2.75, 3.05) is 13.1 Å². The maximum absolute atomic E-state index is 12.4. The summed E-state index contributed by atoms with van der Waals surface area (Å²) >= 11 is 0. The lowest BCUT2D eigenvalue weighted by Gasteiger charge is -2.33. The van der Waals surface area contributed by atoms with Gasteiger partial charge in [-0.05, 0) is 25.7 Å². The van der Waals surface area contributed by atoms with E-state index in [9.17, 15) is 13.2 Å². The highest BCUT2D eigenvalue weighted by Crippen LogP contribution is 2.28. The Labute approximate surface area is 103 Å². The molecule has 0 spiro atoms. The zero-order valence-electron chi connectivity index (χ0n) is 10.2. The third kappa shape index (κ3) is 2.88. The number of carbonyl (C=O) groups is 1. The maximum atomic E-state index is 12.4. The number of rotatable bonds is 3. The fraction of sp³-hybridized carbons (Fsp3) is 0.917. The largest absolute Gasteiger partial charge is 0.303 e. The monoisotopic (exact) mass is 259 g/mol. The van der Waals surface area contributed by atoms with E-state index in [1.54, 1.807) is 4.31 Å². The van der Waals surface area contributed by atoms with E-state index in [2.05, 4.69) is 0 Å². The highest BCUT2D eigenvalue weighted by molar-refractivity contribution is 7.89. The summed E-state index contributed by atoms with van der Waals surface area (Å²) in [5.41, 5.74) is 0. The molecule has 0 bridgehead atoms. The van der Waals surface area contributed by atoms with Crippen molar-refractivity contribution in [1.29, 1.82) is 0 Å². The van der Waals surface area contributed by atoms with Crippen LogP contribution < -0.4 is 0 Å². The molecule has 5 heteroatoms. The summed E-state index contributed by atoms with van der Waals surface area (Å²) in [7, 11) is -3.10. The molecule has 2 aliphatic rings. The van der Waals surface area contributed by atoms with Gasteiger partial charge in [0.05, 0.1) is 5.25 Å². The SMILES string of the molecule is O=CC1CCN(S(=O)(=O)C2CCCCC2)CC1. The fourth-order valence-corrected chi connectivity index (χ4v) is 4.91. The number of sulfonamides is 1. The van der Waals surface area contributed by atoms with Gasteiger partial charge in [0.25, 0.3) is 0 Å². The number of hydrogen-bond acceptors (Lipinski definition) is 3. The van der Waals surface area contributed by atoms with Crippen molar-refractivity contribution in [3.63, 3.8) is 0 Å². The van der Waals surface area contributed by atoms with Crippen molar-refractivity contribution < 1.29 is 13.2 Å². The average Bonchev–Trinajstić information content (AvgIpc) is 2.40. The first-order chi connectivity index (χ1) is 8.14. The summed E-state index contributed by atoms with van der Waals surface area (Å²) in [6.45, 7) is 1.06. The third-order valence-corrected chi connectivity index (χ3v) is 6.42. The van der Waals surface area contributed by atoms with E-state index >= 15 is 0 Å². The van der Waals surface area contributed by atoms with Crippen LogP contribution in [-0.4, -0.2) is 37.3 Å². The van der Waals surface area contributed by atoms with E-state index in [0.717, 1.165) is 32.0 Å². The van der Waals surface area contributed by atoms with Crippen LogP contribution in [0, 0.1) is 5.92 Å². The van der Waals surface area contributed by atoms with E-state index < -0.39 is 10.0 Å². The van der Waals surface area contributed by atoms with Crippen molar-refractivity contribution in [2.24, 2.45) is 5.92 Å². The summed E-state index contributed by atoms with van der Waals surface area (Å²) in [5.74, 6) is 0.0628. The lowest BCUT2D eigenvalue weighted by molar-refractivity contribution is -0.112. The summed E-state index contributed by atoms with van der Waals surface area (Å²) in [6.07, 6.45) is 7.21. The lowest BCUT2D eigenvalue weighted by Crippen LogP contribution is -2.44. The van der Waals surface area contributed by atoms with Crippen molar-refractivity contribution in [1.82, 2.24) is 4.31 Å². The van der Waals surface area contributed by atoms with Crippen LogP contribution >= 0.6 is 0 Å². The topological polar surface area (TPSA) is 54.5 Å². The first-order valence-electron chi connectivity index (χ1n) is 6.59. The summed E-state index contributed by atoms with van der Waals surface area (Å²) in [5, 5.41) is -0.163. The Bertz CT molecular complexity index is 352. The highest BCUT2D eigenvalue weighted by Gasteiger charge is 2.34. The van der Waals surface area contributed by atoms with Crippen molar-refractivity contribution in [3.8, 4) is 0 Å². The molecule has 2 rings (SSSR count). The van der Waals surface area contributed by atoms with Gasteiger partial charge in [0.2, 0.25) is 10.0 Å². The molecule has 0 radical (unpaired) electrons. The van der Waals surface area contributed by atoms with E-state index in [0.29, 0.717) is 25.9 Å². The normalized spacial score (nSPS) is 25.9. The molecule has 1 heterocycles. The first-order valence-corrected chi connectivity index (χ1v) is 8.09. The Kier molecular flexibility index (Phi) is 4.20. The maximum Gasteiger partial charge on any atom is 0.216 e. The highest BCUT2D eigenvalue weighted by atomic mass is 32.2. The van der Waals surface area contributed by atoms with Gasteiger partial charge in [-0.15, -0.1) is 0 Å². The predicted octanol–water partition coefficient (Wildman–Crippen LogP) is 1.56. The van der Waals surface area contributed by atoms with Gasteiger partial charge in [0.1, 0.15) is 6.29 Å². The van der Waals surface area contributed by atoms with Gasteiger partial charge < -0.3 is 4.79 Å². The van der Waals surface area contributed by atoms with Crippen LogP contribution in [0.4, 0.5) is 0 Å². The van der Waals surface area contributed by atoms with Crippen LogP contribution in [0.5, 0.6) is 0 Å². The molecule has 1 aliphatic carbocycles. The standard InChI is InChI=1S/C12H21NO3S/c14-10-11-6-8-13(9-7-11)17(15,16)12-4-2-1-3-5-12/h10-12H,1-9H2. The van der Waals surface area contributed by atoms with Gasteiger partial charge in [-0.3, -0.25) is 0 Å². The molecule has 0 aromatic rings. The number of piperidine rings is 1. The van der Waals surface area contributed by atoms with Gasteiger partial charge in [-0.25, -0.2) is 12.7 Å². The quantitative estimate of drug-likeness (QED) is 0.723. The Hall–Kier alpha value is -0.420. The minimum atomic E-state index is -3.10. The second-order valence-corrected chi connectivity index (χ2v) is 7.39. The molecule has 0 N–H and O–H groups in total. The second kappa shape index (κ2) is 5.48. The molecule has 2 fully saturated rings.